The zero-order valence-electron chi connectivity index (χ0n) is 7.52. The molecule has 1 rings (SSSR count). The Bertz CT molecular complexity index is 238. The normalized spacial score (nSPS) is 13.0. The molecular formula is C8H13ClN2S. The van der Waals surface area contributed by atoms with Gasteiger partial charge in [0, 0.05) is 16.8 Å². The lowest BCUT2D eigenvalue weighted by Gasteiger charge is -2.02. The largest absolute Gasteiger partial charge is 0.360 e. The zero-order chi connectivity index (χ0) is 9.14. The number of aromatic nitrogens is 1. The van der Waals surface area contributed by atoms with Crippen molar-refractivity contribution in [2.45, 2.75) is 26.1 Å². The van der Waals surface area contributed by atoms with Gasteiger partial charge in [0.25, 0.3) is 0 Å². The van der Waals surface area contributed by atoms with Crippen LogP contribution in [0.3, 0.4) is 0 Å². The van der Waals surface area contributed by atoms with Gasteiger partial charge in [-0.1, -0.05) is 0 Å². The van der Waals surface area contributed by atoms with Gasteiger partial charge in [-0.2, -0.15) is 0 Å². The van der Waals surface area contributed by atoms with Gasteiger partial charge in [-0.05, 0) is 20.8 Å². The second-order valence-electron chi connectivity index (χ2n) is 2.82. The van der Waals surface area contributed by atoms with Gasteiger partial charge < -0.3 is 5.32 Å². The first-order valence-corrected chi connectivity index (χ1v) is 5.17. The minimum absolute atomic E-state index is 0.148. The van der Waals surface area contributed by atoms with Crippen LogP contribution in [0.15, 0.2) is 0 Å². The van der Waals surface area contributed by atoms with Gasteiger partial charge in [-0.25, -0.2) is 4.98 Å². The monoisotopic (exact) mass is 204 g/mol. The van der Waals surface area contributed by atoms with Crippen molar-refractivity contribution in [3.63, 3.8) is 0 Å². The highest BCUT2D eigenvalue weighted by molar-refractivity contribution is 7.15. The fourth-order valence-electron chi connectivity index (χ4n) is 0.776. The highest BCUT2D eigenvalue weighted by Crippen LogP contribution is 2.20. The van der Waals surface area contributed by atoms with E-state index in [4.69, 9.17) is 11.6 Å². The molecule has 0 saturated heterocycles. The number of halogens is 1. The fraction of sp³-hybridized carbons (Fsp3) is 0.625. The Balaban J connectivity index is 2.53. The second-order valence-corrected chi connectivity index (χ2v) is 4.77. The minimum atomic E-state index is 0.148. The second kappa shape index (κ2) is 4.10. The van der Waals surface area contributed by atoms with Gasteiger partial charge in [-0.15, -0.1) is 22.9 Å². The molecule has 68 valence electrons. The van der Waals surface area contributed by atoms with Crippen LogP contribution in [0.25, 0.3) is 0 Å². The summed E-state index contributed by atoms with van der Waals surface area (Å²) < 4.78 is 0. The van der Waals surface area contributed by atoms with E-state index in [2.05, 4.69) is 17.2 Å². The summed E-state index contributed by atoms with van der Waals surface area (Å²) in [7, 11) is 0. The molecular weight excluding hydrogens is 192 g/mol. The number of thiazole rings is 1. The van der Waals surface area contributed by atoms with Crippen LogP contribution in [-0.4, -0.2) is 16.9 Å². The third-order valence-electron chi connectivity index (χ3n) is 1.56. The summed E-state index contributed by atoms with van der Waals surface area (Å²) in [4.78, 5) is 5.59. The van der Waals surface area contributed by atoms with E-state index in [0.717, 1.165) is 17.4 Å². The first-order valence-electron chi connectivity index (χ1n) is 3.91. The first-order chi connectivity index (χ1) is 5.59. The van der Waals surface area contributed by atoms with Crippen molar-refractivity contribution in [1.82, 2.24) is 4.98 Å². The van der Waals surface area contributed by atoms with Crippen LogP contribution in [0.2, 0.25) is 0 Å². The van der Waals surface area contributed by atoms with Crippen LogP contribution in [0.1, 0.15) is 17.5 Å². The Labute approximate surface area is 82.0 Å². The van der Waals surface area contributed by atoms with Gasteiger partial charge in [-0.3, -0.25) is 0 Å². The molecule has 1 N–H and O–H groups in total. The van der Waals surface area contributed by atoms with Crippen LogP contribution < -0.4 is 5.32 Å². The Morgan fingerprint density at radius 1 is 1.58 bits per heavy atom. The molecule has 0 aliphatic rings. The van der Waals surface area contributed by atoms with Gasteiger partial charge in [0.15, 0.2) is 5.13 Å². The molecule has 0 aliphatic carbocycles. The lowest BCUT2D eigenvalue weighted by Crippen LogP contribution is -2.09. The molecule has 4 heteroatoms. The van der Waals surface area contributed by atoms with E-state index >= 15 is 0 Å². The Kier molecular flexibility index (Phi) is 3.35. The first kappa shape index (κ1) is 9.81. The molecule has 0 aromatic carbocycles. The van der Waals surface area contributed by atoms with E-state index in [1.807, 2.05) is 13.8 Å². The smallest absolute Gasteiger partial charge is 0.183 e. The number of nitrogens with zero attached hydrogens (tertiary/aromatic N) is 1. The number of anilines is 1. The lowest BCUT2D eigenvalue weighted by molar-refractivity contribution is 0.983. The molecule has 0 bridgehead atoms. The molecule has 0 spiro atoms. The lowest BCUT2D eigenvalue weighted by atomic mass is 10.4. The molecule has 1 aromatic rings. The molecule has 0 fully saturated rings. The summed E-state index contributed by atoms with van der Waals surface area (Å²) in [6, 6.07) is 0. The summed E-state index contributed by atoms with van der Waals surface area (Å²) in [5.41, 5.74) is 1.10. The van der Waals surface area contributed by atoms with Crippen molar-refractivity contribution in [3.05, 3.63) is 10.6 Å². The third-order valence-corrected chi connectivity index (χ3v) is 2.75. The predicted octanol–water partition coefficient (Wildman–Crippen LogP) is 2.80. The maximum atomic E-state index is 5.79. The molecule has 1 heterocycles. The highest BCUT2D eigenvalue weighted by atomic mass is 35.5. The molecule has 0 radical (unpaired) electrons. The average molecular weight is 205 g/mol. The number of alkyl halides is 1. The van der Waals surface area contributed by atoms with Crippen LogP contribution in [0.5, 0.6) is 0 Å². The molecule has 1 aromatic heterocycles. The van der Waals surface area contributed by atoms with Crippen molar-refractivity contribution in [3.8, 4) is 0 Å². The Morgan fingerprint density at radius 3 is 2.67 bits per heavy atom. The van der Waals surface area contributed by atoms with E-state index in [0.29, 0.717) is 0 Å². The van der Waals surface area contributed by atoms with Crippen molar-refractivity contribution in [1.29, 1.82) is 0 Å². The van der Waals surface area contributed by atoms with E-state index in [9.17, 15) is 0 Å². The fourth-order valence-corrected chi connectivity index (χ4v) is 1.67. The summed E-state index contributed by atoms with van der Waals surface area (Å²) in [6.07, 6.45) is 0. The van der Waals surface area contributed by atoms with Crippen LogP contribution in [0.4, 0.5) is 5.13 Å². The van der Waals surface area contributed by atoms with Crippen molar-refractivity contribution >= 4 is 28.1 Å². The number of hydrogen-bond acceptors (Lipinski definition) is 3. The van der Waals surface area contributed by atoms with Gasteiger partial charge in [0.1, 0.15) is 0 Å². The van der Waals surface area contributed by atoms with E-state index in [-0.39, 0.29) is 5.38 Å². The number of rotatable bonds is 3. The summed E-state index contributed by atoms with van der Waals surface area (Å²) in [5.74, 6) is 0. The van der Waals surface area contributed by atoms with Crippen molar-refractivity contribution in [2.24, 2.45) is 0 Å². The molecule has 0 saturated carbocycles. The highest BCUT2D eigenvalue weighted by Gasteiger charge is 2.03. The van der Waals surface area contributed by atoms with Crippen molar-refractivity contribution < 1.29 is 0 Å². The van der Waals surface area contributed by atoms with E-state index in [1.165, 1.54) is 4.88 Å². The molecule has 1 atom stereocenters. The predicted molar refractivity (Wildman–Crippen MR) is 55.4 cm³/mol. The van der Waals surface area contributed by atoms with Gasteiger partial charge in [0.2, 0.25) is 0 Å². The SMILES string of the molecule is Cc1nc(NCC(C)Cl)sc1C. The Morgan fingerprint density at radius 2 is 2.25 bits per heavy atom. The standard InChI is InChI=1S/C8H13ClN2S/c1-5(9)4-10-8-11-6(2)7(3)12-8/h5H,4H2,1-3H3,(H,10,11). The van der Waals surface area contributed by atoms with Gasteiger partial charge >= 0.3 is 0 Å². The quantitative estimate of drug-likeness (QED) is 0.766. The number of aryl methyl sites for hydroxylation is 2. The Hall–Kier alpha value is -0.280. The summed E-state index contributed by atoms with van der Waals surface area (Å²) in [5, 5.41) is 4.30. The van der Waals surface area contributed by atoms with E-state index in [1.54, 1.807) is 11.3 Å². The number of hydrogen-bond donors (Lipinski definition) is 1. The van der Waals surface area contributed by atoms with Gasteiger partial charge in [0.05, 0.1) is 5.69 Å². The maximum Gasteiger partial charge on any atom is 0.183 e. The number of nitrogens with one attached hydrogen (secondary N) is 1. The summed E-state index contributed by atoms with van der Waals surface area (Å²) in [6.45, 7) is 6.82. The van der Waals surface area contributed by atoms with Crippen LogP contribution >= 0.6 is 22.9 Å². The van der Waals surface area contributed by atoms with Crippen LogP contribution in [-0.2, 0) is 0 Å². The molecule has 0 amide bonds. The van der Waals surface area contributed by atoms with E-state index < -0.39 is 0 Å². The van der Waals surface area contributed by atoms with Crippen molar-refractivity contribution in [2.75, 3.05) is 11.9 Å². The molecule has 1 unspecified atom stereocenters. The maximum absolute atomic E-state index is 5.79. The molecule has 0 aliphatic heterocycles. The average Bonchev–Trinajstić information content (AvgIpc) is 2.28. The molecule has 12 heavy (non-hydrogen) atoms. The molecule has 2 nitrogen and oxygen atoms in total. The minimum Gasteiger partial charge on any atom is -0.360 e. The topological polar surface area (TPSA) is 24.9 Å². The zero-order valence-corrected chi connectivity index (χ0v) is 9.09. The third kappa shape index (κ3) is 2.64. The summed E-state index contributed by atoms with van der Waals surface area (Å²) >= 11 is 7.46. The van der Waals surface area contributed by atoms with Crippen LogP contribution in [0, 0.1) is 13.8 Å².